The molecule has 0 aromatic rings. The third-order valence-electron chi connectivity index (χ3n) is 3.40. The standard InChI is InChI=1S/C12H22N2OS/c1-10(7-15)8-16-6-4-11-3-2-5-12(11,14)9-13/h10-11,15H,2-8,14H2,1H3. The highest BCUT2D eigenvalue weighted by Crippen LogP contribution is 2.36. The molecule has 0 spiro atoms. The van der Waals surface area contributed by atoms with Gasteiger partial charge in [0.2, 0.25) is 0 Å². The molecule has 0 aromatic carbocycles. The van der Waals surface area contributed by atoms with E-state index in [1.165, 1.54) is 0 Å². The first-order valence-corrected chi connectivity index (χ1v) is 7.16. The molecular weight excluding hydrogens is 220 g/mol. The molecule has 1 saturated carbocycles. The van der Waals surface area contributed by atoms with Gasteiger partial charge in [0.15, 0.2) is 0 Å². The Morgan fingerprint density at radius 2 is 2.44 bits per heavy atom. The van der Waals surface area contributed by atoms with Crippen molar-refractivity contribution >= 4 is 11.8 Å². The second-order valence-electron chi connectivity index (χ2n) is 4.89. The number of hydrogen-bond donors (Lipinski definition) is 2. The topological polar surface area (TPSA) is 70.0 Å². The molecule has 1 rings (SSSR count). The maximum Gasteiger partial charge on any atom is 0.107 e. The molecular formula is C12H22N2OS. The van der Waals surface area contributed by atoms with Crippen molar-refractivity contribution in [2.24, 2.45) is 17.6 Å². The summed E-state index contributed by atoms with van der Waals surface area (Å²) in [7, 11) is 0. The fourth-order valence-electron chi connectivity index (χ4n) is 2.21. The number of aliphatic hydroxyl groups is 1. The zero-order chi connectivity index (χ0) is 12.0. The molecule has 0 saturated heterocycles. The van der Waals surface area contributed by atoms with Gasteiger partial charge in [0, 0.05) is 6.61 Å². The summed E-state index contributed by atoms with van der Waals surface area (Å²) in [5.74, 6) is 2.78. The zero-order valence-corrected chi connectivity index (χ0v) is 10.8. The van der Waals surface area contributed by atoms with Crippen molar-refractivity contribution in [2.75, 3.05) is 18.1 Å². The molecule has 16 heavy (non-hydrogen) atoms. The summed E-state index contributed by atoms with van der Waals surface area (Å²) in [5.41, 5.74) is 5.49. The van der Waals surface area contributed by atoms with E-state index in [2.05, 4.69) is 6.07 Å². The zero-order valence-electron chi connectivity index (χ0n) is 9.98. The van der Waals surface area contributed by atoms with E-state index in [0.29, 0.717) is 11.8 Å². The Morgan fingerprint density at radius 3 is 3.06 bits per heavy atom. The Hall–Kier alpha value is -0.240. The lowest BCUT2D eigenvalue weighted by Gasteiger charge is -2.23. The average molecular weight is 242 g/mol. The van der Waals surface area contributed by atoms with Crippen LogP contribution in [0.5, 0.6) is 0 Å². The number of thioether (sulfide) groups is 1. The third-order valence-corrected chi connectivity index (χ3v) is 4.73. The minimum Gasteiger partial charge on any atom is -0.396 e. The lowest BCUT2D eigenvalue weighted by Crippen LogP contribution is -2.41. The van der Waals surface area contributed by atoms with Crippen LogP contribution in [0.1, 0.15) is 32.6 Å². The molecule has 3 N–H and O–H groups in total. The van der Waals surface area contributed by atoms with Crippen LogP contribution in [-0.4, -0.2) is 28.8 Å². The highest BCUT2D eigenvalue weighted by atomic mass is 32.2. The van der Waals surface area contributed by atoms with Gasteiger partial charge in [-0.05, 0) is 42.6 Å². The van der Waals surface area contributed by atoms with Crippen LogP contribution in [-0.2, 0) is 0 Å². The SMILES string of the molecule is CC(CO)CSCCC1CCCC1(N)C#N. The summed E-state index contributed by atoms with van der Waals surface area (Å²) in [6.45, 7) is 2.31. The van der Waals surface area contributed by atoms with Crippen molar-refractivity contribution < 1.29 is 5.11 Å². The summed E-state index contributed by atoms with van der Waals surface area (Å²) in [4.78, 5) is 0. The van der Waals surface area contributed by atoms with Gasteiger partial charge in [0.05, 0.1) is 6.07 Å². The highest BCUT2D eigenvalue weighted by Gasteiger charge is 2.39. The van der Waals surface area contributed by atoms with Crippen molar-refractivity contribution in [1.29, 1.82) is 5.26 Å². The number of rotatable bonds is 6. The molecule has 0 amide bonds. The number of nitriles is 1. The van der Waals surface area contributed by atoms with E-state index in [9.17, 15) is 0 Å². The van der Waals surface area contributed by atoms with Gasteiger partial charge in [-0.2, -0.15) is 17.0 Å². The Bertz CT molecular complexity index is 254. The van der Waals surface area contributed by atoms with E-state index in [0.717, 1.165) is 37.2 Å². The van der Waals surface area contributed by atoms with Gasteiger partial charge in [-0.15, -0.1) is 0 Å². The van der Waals surface area contributed by atoms with E-state index < -0.39 is 5.54 Å². The minimum absolute atomic E-state index is 0.259. The number of nitrogens with two attached hydrogens (primary N) is 1. The summed E-state index contributed by atoms with van der Waals surface area (Å²) >= 11 is 1.86. The lowest BCUT2D eigenvalue weighted by atomic mass is 9.88. The second-order valence-corrected chi connectivity index (χ2v) is 6.04. The Kier molecular flexibility index (Phi) is 5.60. The molecule has 92 valence electrons. The molecule has 4 heteroatoms. The monoisotopic (exact) mass is 242 g/mol. The Balaban J connectivity index is 2.21. The van der Waals surface area contributed by atoms with Gasteiger partial charge >= 0.3 is 0 Å². The molecule has 3 unspecified atom stereocenters. The fraction of sp³-hybridized carbons (Fsp3) is 0.917. The average Bonchev–Trinajstić information content (AvgIpc) is 2.67. The molecule has 3 atom stereocenters. The fourth-order valence-corrected chi connectivity index (χ4v) is 3.34. The molecule has 0 heterocycles. The smallest absolute Gasteiger partial charge is 0.107 e. The largest absolute Gasteiger partial charge is 0.396 e. The first kappa shape index (κ1) is 13.8. The first-order chi connectivity index (χ1) is 7.62. The van der Waals surface area contributed by atoms with E-state index >= 15 is 0 Å². The predicted octanol–water partition coefficient (Wildman–Crippen LogP) is 1.76. The van der Waals surface area contributed by atoms with Crippen LogP contribution in [0.4, 0.5) is 0 Å². The van der Waals surface area contributed by atoms with Crippen molar-refractivity contribution in [3.8, 4) is 6.07 Å². The van der Waals surface area contributed by atoms with Gasteiger partial charge in [0.25, 0.3) is 0 Å². The van der Waals surface area contributed by atoms with E-state index in [1.807, 2.05) is 18.7 Å². The maximum atomic E-state index is 9.06. The van der Waals surface area contributed by atoms with E-state index in [-0.39, 0.29) is 6.61 Å². The van der Waals surface area contributed by atoms with Gasteiger partial charge in [-0.3, -0.25) is 0 Å². The Morgan fingerprint density at radius 1 is 1.69 bits per heavy atom. The van der Waals surface area contributed by atoms with Crippen LogP contribution in [0.2, 0.25) is 0 Å². The lowest BCUT2D eigenvalue weighted by molar-refractivity contribution is 0.250. The van der Waals surface area contributed by atoms with Gasteiger partial charge in [-0.25, -0.2) is 0 Å². The summed E-state index contributed by atoms with van der Waals surface area (Å²) in [6, 6.07) is 2.28. The molecule has 1 aliphatic rings. The van der Waals surface area contributed by atoms with Gasteiger partial charge in [0.1, 0.15) is 5.54 Å². The quantitative estimate of drug-likeness (QED) is 0.696. The van der Waals surface area contributed by atoms with Crippen LogP contribution < -0.4 is 5.73 Å². The van der Waals surface area contributed by atoms with Crippen LogP contribution in [0.15, 0.2) is 0 Å². The summed E-state index contributed by atoms with van der Waals surface area (Å²) < 4.78 is 0. The summed E-state index contributed by atoms with van der Waals surface area (Å²) in [5, 5.41) is 18.0. The number of aliphatic hydroxyl groups excluding tert-OH is 1. The molecule has 1 aliphatic carbocycles. The Labute approximate surface area is 102 Å². The van der Waals surface area contributed by atoms with Crippen LogP contribution in [0, 0.1) is 23.2 Å². The highest BCUT2D eigenvalue weighted by molar-refractivity contribution is 7.99. The predicted molar refractivity (Wildman–Crippen MR) is 68.1 cm³/mol. The van der Waals surface area contributed by atoms with E-state index in [1.54, 1.807) is 0 Å². The van der Waals surface area contributed by atoms with Gasteiger partial charge in [-0.1, -0.05) is 13.3 Å². The first-order valence-electron chi connectivity index (χ1n) is 6.01. The van der Waals surface area contributed by atoms with Crippen LogP contribution in [0.3, 0.4) is 0 Å². The van der Waals surface area contributed by atoms with Crippen molar-refractivity contribution in [2.45, 2.75) is 38.1 Å². The van der Waals surface area contributed by atoms with Gasteiger partial charge < -0.3 is 10.8 Å². The molecule has 1 fully saturated rings. The maximum absolute atomic E-state index is 9.06. The normalized spacial score (nSPS) is 31.2. The van der Waals surface area contributed by atoms with E-state index in [4.69, 9.17) is 16.1 Å². The minimum atomic E-state index is -0.566. The van der Waals surface area contributed by atoms with Crippen molar-refractivity contribution in [3.05, 3.63) is 0 Å². The molecule has 3 nitrogen and oxygen atoms in total. The third kappa shape index (κ3) is 3.65. The van der Waals surface area contributed by atoms with Crippen molar-refractivity contribution in [1.82, 2.24) is 0 Å². The summed E-state index contributed by atoms with van der Waals surface area (Å²) in [6.07, 6.45) is 4.07. The second kappa shape index (κ2) is 6.48. The van der Waals surface area contributed by atoms with Crippen LogP contribution in [0.25, 0.3) is 0 Å². The molecule has 0 aliphatic heterocycles. The van der Waals surface area contributed by atoms with Crippen molar-refractivity contribution in [3.63, 3.8) is 0 Å². The molecule has 0 bridgehead atoms. The van der Waals surface area contributed by atoms with Crippen LogP contribution >= 0.6 is 11.8 Å². The molecule has 0 aromatic heterocycles. The number of hydrogen-bond acceptors (Lipinski definition) is 4. The number of nitrogens with zero attached hydrogens (tertiary/aromatic N) is 1. The molecule has 0 radical (unpaired) electrons.